The number of carbonyl (C=O) groups excluding carboxylic acids is 1. The quantitative estimate of drug-likeness (QED) is 0.345. The second kappa shape index (κ2) is 12.3. The van der Waals surface area contributed by atoms with Gasteiger partial charge in [0.15, 0.2) is 5.96 Å². The Hall–Kier alpha value is -1.62. The van der Waals surface area contributed by atoms with Crippen LogP contribution >= 0.6 is 24.0 Å². The van der Waals surface area contributed by atoms with Crippen molar-refractivity contribution in [2.45, 2.75) is 25.9 Å². The summed E-state index contributed by atoms with van der Waals surface area (Å²) in [4.78, 5) is 23.1. The normalized spacial score (nSPS) is 18.7. The van der Waals surface area contributed by atoms with Gasteiger partial charge in [0.25, 0.3) is 0 Å². The molecule has 2 heterocycles. The molecule has 1 N–H and O–H groups in total. The SMILES string of the molecule is CN=C(NCC(C)Oc1cccc(F)c1)N1CCN(CC(=O)N2CCCC2)CC1.I. The molecule has 0 radical (unpaired) electrons. The second-order valence-electron chi connectivity index (χ2n) is 7.67. The Labute approximate surface area is 195 Å². The number of halogens is 2. The lowest BCUT2D eigenvalue weighted by molar-refractivity contribution is -0.131. The Morgan fingerprint density at radius 3 is 2.50 bits per heavy atom. The molecule has 1 amide bonds. The third-order valence-electron chi connectivity index (χ3n) is 5.38. The van der Waals surface area contributed by atoms with Gasteiger partial charge >= 0.3 is 0 Å². The summed E-state index contributed by atoms with van der Waals surface area (Å²) in [5.41, 5.74) is 0. The van der Waals surface area contributed by atoms with Gasteiger partial charge in [-0.3, -0.25) is 14.7 Å². The topological polar surface area (TPSA) is 60.4 Å². The van der Waals surface area contributed by atoms with Crippen LogP contribution in [0.25, 0.3) is 0 Å². The number of carbonyl (C=O) groups is 1. The maximum Gasteiger partial charge on any atom is 0.236 e. The molecule has 9 heteroatoms. The Morgan fingerprint density at radius 2 is 1.87 bits per heavy atom. The molecule has 2 fully saturated rings. The largest absolute Gasteiger partial charge is 0.489 e. The lowest BCUT2D eigenvalue weighted by Crippen LogP contribution is -2.54. The highest BCUT2D eigenvalue weighted by Gasteiger charge is 2.24. The first-order valence-electron chi connectivity index (χ1n) is 10.4. The summed E-state index contributed by atoms with van der Waals surface area (Å²) in [6.45, 7) is 8.17. The number of rotatable bonds is 6. The number of likely N-dealkylation sites (tertiary alicyclic amines) is 1. The van der Waals surface area contributed by atoms with Crippen molar-refractivity contribution in [1.29, 1.82) is 0 Å². The second-order valence-corrected chi connectivity index (χ2v) is 7.67. The van der Waals surface area contributed by atoms with Crippen LogP contribution in [0.4, 0.5) is 4.39 Å². The maximum absolute atomic E-state index is 13.3. The fraction of sp³-hybridized carbons (Fsp3) is 0.619. The Morgan fingerprint density at radius 1 is 1.17 bits per heavy atom. The summed E-state index contributed by atoms with van der Waals surface area (Å²) in [7, 11) is 1.77. The predicted octanol–water partition coefficient (Wildman–Crippen LogP) is 2.03. The number of benzene rings is 1. The monoisotopic (exact) mass is 533 g/mol. The fourth-order valence-corrected chi connectivity index (χ4v) is 3.76. The molecule has 0 spiro atoms. The number of piperazine rings is 1. The minimum Gasteiger partial charge on any atom is -0.489 e. The average molecular weight is 533 g/mol. The lowest BCUT2D eigenvalue weighted by atomic mass is 10.3. The maximum atomic E-state index is 13.3. The zero-order chi connectivity index (χ0) is 20.6. The van der Waals surface area contributed by atoms with Gasteiger partial charge in [-0.05, 0) is 31.9 Å². The molecule has 30 heavy (non-hydrogen) atoms. The number of aliphatic imine (C=N–C) groups is 1. The van der Waals surface area contributed by atoms with Crippen LogP contribution < -0.4 is 10.1 Å². The molecule has 2 saturated heterocycles. The third kappa shape index (κ3) is 7.26. The molecule has 1 aromatic carbocycles. The molecule has 7 nitrogen and oxygen atoms in total. The number of nitrogens with zero attached hydrogens (tertiary/aromatic N) is 4. The number of hydrogen-bond acceptors (Lipinski definition) is 4. The van der Waals surface area contributed by atoms with E-state index in [1.54, 1.807) is 19.2 Å². The molecule has 168 valence electrons. The smallest absolute Gasteiger partial charge is 0.236 e. The molecule has 0 aromatic heterocycles. The van der Waals surface area contributed by atoms with Gasteiger partial charge in [-0.15, -0.1) is 24.0 Å². The average Bonchev–Trinajstić information content (AvgIpc) is 3.25. The summed E-state index contributed by atoms with van der Waals surface area (Å²) in [5, 5.41) is 3.34. The zero-order valence-electron chi connectivity index (χ0n) is 17.8. The lowest BCUT2D eigenvalue weighted by Gasteiger charge is -2.36. The van der Waals surface area contributed by atoms with E-state index in [-0.39, 0.29) is 41.8 Å². The van der Waals surface area contributed by atoms with Crippen molar-refractivity contribution in [2.75, 3.05) is 59.4 Å². The highest BCUT2D eigenvalue weighted by molar-refractivity contribution is 14.0. The van der Waals surface area contributed by atoms with Crippen LogP contribution in [0, 0.1) is 5.82 Å². The van der Waals surface area contributed by atoms with Crippen molar-refractivity contribution < 1.29 is 13.9 Å². The van der Waals surface area contributed by atoms with Crippen LogP contribution in [0.15, 0.2) is 29.3 Å². The molecule has 1 atom stereocenters. The summed E-state index contributed by atoms with van der Waals surface area (Å²) in [5.74, 6) is 1.29. The van der Waals surface area contributed by atoms with Gasteiger partial charge in [0.1, 0.15) is 17.7 Å². The molecule has 3 rings (SSSR count). The van der Waals surface area contributed by atoms with E-state index in [2.05, 4.69) is 20.1 Å². The highest BCUT2D eigenvalue weighted by atomic mass is 127. The molecule has 1 unspecified atom stereocenters. The number of amides is 1. The van der Waals surface area contributed by atoms with E-state index in [0.29, 0.717) is 18.8 Å². The highest BCUT2D eigenvalue weighted by Crippen LogP contribution is 2.14. The molecular weight excluding hydrogens is 500 g/mol. The van der Waals surface area contributed by atoms with Crippen molar-refractivity contribution in [3.8, 4) is 5.75 Å². The summed E-state index contributed by atoms with van der Waals surface area (Å²) < 4.78 is 19.0. The molecule has 1 aromatic rings. The van der Waals surface area contributed by atoms with E-state index in [9.17, 15) is 9.18 Å². The van der Waals surface area contributed by atoms with Gasteiger partial charge in [-0.2, -0.15) is 0 Å². The zero-order valence-corrected chi connectivity index (χ0v) is 20.2. The van der Waals surface area contributed by atoms with Crippen molar-refractivity contribution in [3.63, 3.8) is 0 Å². The van der Waals surface area contributed by atoms with E-state index in [4.69, 9.17) is 4.74 Å². The molecule has 0 bridgehead atoms. The Bertz CT molecular complexity index is 706. The van der Waals surface area contributed by atoms with Gasteiger partial charge in [-0.25, -0.2) is 4.39 Å². The van der Waals surface area contributed by atoms with Crippen LogP contribution in [0.5, 0.6) is 5.75 Å². The van der Waals surface area contributed by atoms with Gasteiger partial charge in [0.2, 0.25) is 5.91 Å². The molecule has 2 aliphatic heterocycles. The number of nitrogens with one attached hydrogen (secondary N) is 1. The predicted molar refractivity (Wildman–Crippen MR) is 127 cm³/mol. The summed E-state index contributed by atoms with van der Waals surface area (Å²) >= 11 is 0. The van der Waals surface area contributed by atoms with E-state index in [1.165, 1.54) is 12.1 Å². The number of ether oxygens (including phenoxy) is 1. The van der Waals surface area contributed by atoms with Crippen molar-refractivity contribution >= 4 is 35.8 Å². The van der Waals surface area contributed by atoms with Gasteiger partial charge in [-0.1, -0.05) is 6.07 Å². The van der Waals surface area contributed by atoms with Crippen LogP contribution in [-0.4, -0.2) is 92.1 Å². The Kier molecular flexibility index (Phi) is 10.1. The first-order valence-corrected chi connectivity index (χ1v) is 10.4. The fourth-order valence-electron chi connectivity index (χ4n) is 3.76. The first kappa shape index (κ1) is 24.6. The van der Waals surface area contributed by atoms with E-state index >= 15 is 0 Å². The van der Waals surface area contributed by atoms with Crippen molar-refractivity contribution in [1.82, 2.24) is 20.0 Å². The van der Waals surface area contributed by atoms with Crippen LogP contribution in [0.3, 0.4) is 0 Å². The Balaban J connectivity index is 0.00000320. The molecule has 0 aliphatic carbocycles. The van der Waals surface area contributed by atoms with Gasteiger partial charge in [0.05, 0.1) is 13.1 Å². The standard InChI is InChI=1S/C21H32FN5O2.HI/c1-17(29-19-7-5-6-18(22)14-19)15-24-21(23-2)27-12-10-25(11-13-27)16-20(28)26-8-3-4-9-26;/h5-7,14,17H,3-4,8-13,15-16H2,1-2H3,(H,23,24);1H. The summed E-state index contributed by atoms with van der Waals surface area (Å²) in [6, 6.07) is 6.17. The minimum atomic E-state index is -0.306. The van der Waals surface area contributed by atoms with Crippen LogP contribution in [-0.2, 0) is 4.79 Å². The minimum absolute atomic E-state index is 0. The molecule has 0 saturated carbocycles. The van der Waals surface area contributed by atoms with E-state index < -0.39 is 0 Å². The first-order chi connectivity index (χ1) is 14.0. The van der Waals surface area contributed by atoms with Crippen molar-refractivity contribution in [3.05, 3.63) is 30.1 Å². The number of guanidine groups is 1. The number of hydrogen-bond donors (Lipinski definition) is 1. The van der Waals surface area contributed by atoms with Crippen molar-refractivity contribution in [2.24, 2.45) is 4.99 Å². The van der Waals surface area contributed by atoms with E-state index in [1.807, 2.05) is 11.8 Å². The van der Waals surface area contributed by atoms with Gasteiger partial charge in [0, 0.05) is 52.4 Å². The van der Waals surface area contributed by atoms with Crippen LogP contribution in [0.1, 0.15) is 19.8 Å². The molecule has 2 aliphatic rings. The van der Waals surface area contributed by atoms with E-state index in [0.717, 1.165) is 58.1 Å². The van der Waals surface area contributed by atoms with Gasteiger partial charge < -0.3 is 19.9 Å². The summed E-state index contributed by atoms with van der Waals surface area (Å²) in [6.07, 6.45) is 2.12. The van der Waals surface area contributed by atoms with Crippen LogP contribution in [0.2, 0.25) is 0 Å². The third-order valence-corrected chi connectivity index (χ3v) is 5.38. The molecular formula is C21H33FIN5O2.